The summed E-state index contributed by atoms with van der Waals surface area (Å²) in [6.45, 7) is -1.62. The van der Waals surface area contributed by atoms with E-state index in [1.807, 2.05) is 0 Å². The minimum Gasteiger partial charge on any atom is -0.479 e. The van der Waals surface area contributed by atoms with E-state index in [-0.39, 0.29) is 0 Å². The Labute approximate surface area is 294 Å². The predicted octanol–water partition coefficient (Wildman–Crippen LogP) is 1.41. The zero-order valence-corrected chi connectivity index (χ0v) is 28.5. The van der Waals surface area contributed by atoms with E-state index < -0.39 is 80.1 Å². The maximum atomic E-state index is 10.2. The smallest absolute Gasteiger partial charge is 0.338 e. The molecule has 0 aromatic carbocycles. The molecule has 0 aliphatic carbocycles. The number of hydrogen-bond donors (Lipinski definition) is 12. The molecular weight excluding hydrogens is 733 g/mol. The highest BCUT2D eigenvalue weighted by Crippen LogP contribution is 2.20. The number of carbonyl (C=O) groups is 4. The molecule has 0 amide bonds. The molecule has 0 bridgehead atoms. The molecule has 20 heteroatoms. The topological polar surface area (TPSA) is 311 Å². The van der Waals surface area contributed by atoms with Crippen molar-refractivity contribution in [3.05, 3.63) is 89.6 Å². The summed E-state index contributed by atoms with van der Waals surface area (Å²) in [5.74, 6) is -4.82. The van der Waals surface area contributed by atoms with E-state index in [0.717, 1.165) is 0 Å². The van der Waals surface area contributed by atoms with Gasteiger partial charge in [0.25, 0.3) is 0 Å². The second-order valence-electron chi connectivity index (χ2n) is 9.16. The van der Waals surface area contributed by atoms with Crippen molar-refractivity contribution in [2.45, 2.75) is 24.4 Å². The van der Waals surface area contributed by atoms with Crippen molar-refractivity contribution in [1.29, 1.82) is 0 Å². The fourth-order valence-electron chi connectivity index (χ4n) is 2.57. The van der Waals surface area contributed by atoms with Gasteiger partial charge in [0.15, 0.2) is 24.4 Å². The summed E-state index contributed by atoms with van der Waals surface area (Å²) in [5, 5.41) is 110. The average Bonchev–Trinajstić information content (AvgIpc) is 3.93. The van der Waals surface area contributed by atoms with Crippen LogP contribution in [0.4, 0.5) is 0 Å². The lowest BCUT2D eigenvalue weighted by Crippen LogP contribution is -2.37. The molecule has 0 fully saturated rings. The third kappa shape index (κ3) is 17.0. The van der Waals surface area contributed by atoms with E-state index in [9.17, 15) is 19.2 Å². The normalized spacial score (nSPS) is 12.7. The lowest BCUT2D eigenvalue weighted by Gasteiger charge is -2.23. The van der Waals surface area contributed by atoms with Gasteiger partial charge < -0.3 is 61.3 Å². The zero-order valence-electron chi connectivity index (χ0n) is 25.2. The van der Waals surface area contributed by atoms with E-state index in [1.165, 1.54) is 45.3 Å². The fraction of sp³-hybridized carbons (Fsp3) is 0.310. The predicted molar refractivity (Wildman–Crippen MR) is 178 cm³/mol. The van der Waals surface area contributed by atoms with Crippen LogP contribution < -0.4 is 0 Å². The van der Waals surface area contributed by atoms with Crippen molar-refractivity contribution in [2.24, 2.45) is 5.41 Å². The molecule has 4 atom stereocenters. The molecule has 49 heavy (non-hydrogen) atoms. The number of aliphatic hydroxyl groups is 8. The second kappa shape index (κ2) is 24.5. The molecule has 0 spiro atoms. The van der Waals surface area contributed by atoms with E-state index in [4.69, 9.17) is 61.3 Å². The number of aliphatic carboxylic acids is 4. The first-order chi connectivity index (χ1) is 23.1. The summed E-state index contributed by atoms with van der Waals surface area (Å²) in [5.41, 5.74) is -1.11. The van der Waals surface area contributed by atoms with Gasteiger partial charge in [0.05, 0.1) is 31.8 Å². The van der Waals surface area contributed by atoms with E-state index >= 15 is 0 Å². The molecule has 4 unspecified atom stereocenters. The van der Waals surface area contributed by atoms with Crippen LogP contribution in [-0.4, -0.2) is 112 Å². The average molecular weight is 769 g/mol. The first-order valence-electron chi connectivity index (χ1n) is 13.3. The van der Waals surface area contributed by atoms with Crippen LogP contribution in [0, 0.1) is 5.41 Å². The summed E-state index contributed by atoms with van der Waals surface area (Å²) in [4.78, 5) is 42.5. The van der Waals surface area contributed by atoms with Gasteiger partial charge >= 0.3 is 23.9 Å². The Bertz CT molecular complexity index is 1220. The Morgan fingerprint density at radius 2 is 0.633 bits per heavy atom. The largest absolute Gasteiger partial charge is 0.479 e. The Kier molecular flexibility index (Phi) is 22.7. The van der Waals surface area contributed by atoms with Crippen LogP contribution in [0.25, 0.3) is 0 Å². The van der Waals surface area contributed by atoms with Gasteiger partial charge in [-0.25, -0.2) is 19.2 Å². The second-order valence-corrected chi connectivity index (χ2v) is 13.1. The first kappa shape index (κ1) is 45.4. The maximum absolute atomic E-state index is 10.2. The van der Waals surface area contributed by atoms with Crippen molar-refractivity contribution in [3.63, 3.8) is 0 Å². The van der Waals surface area contributed by atoms with Gasteiger partial charge in [0.1, 0.15) is 0 Å². The molecule has 4 heterocycles. The monoisotopic (exact) mass is 768 g/mol. The third-order valence-electron chi connectivity index (χ3n) is 5.53. The molecular formula is C29H36O16S4. The van der Waals surface area contributed by atoms with Gasteiger partial charge in [-0.2, -0.15) is 0 Å². The molecule has 0 aliphatic rings. The van der Waals surface area contributed by atoms with Gasteiger partial charge in [-0.05, 0) is 45.8 Å². The molecule has 4 aromatic heterocycles. The van der Waals surface area contributed by atoms with Gasteiger partial charge in [0, 0.05) is 19.5 Å². The molecule has 272 valence electrons. The van der Waals surface area contributed by atoms with Crippen LogP contribution in [0.2, 0.25) is 0 Å². The summed E-state index contributed by atoms with van der Waals surface area (Å²) < 4.78 is 0. The molecule has 0 saturated heterocycles. The fourth-order valence-corrected chi connectivity index (χ4v) is 5.38. The van der Waals surface area contributed by atoms with E-state index in [0.29, 0.717) is 19.5 Å². The summed E-state index contributed by atoms with van der Waals surface area (Å²) >= 11 is 4.91. The maximum Gasteiger partial charge on any atom is 0.338 e. The van der Waals surface area contributed by atoms with Crippen molar-refractivity contribution >= 4 is 69.2 Å². The zero-order chi connectivity index (χ0) is 37.6. The van der Waals surface area contributed by atoms with Crippen molar-refractivity contribution in [1.82, 2.24) is 0 Å². The van der Waals surface area contributed by atoms with Crippen LogP contribution in [0.5, 0.6) is 0 Å². The van der Waals surface area contributed by atoms with E-state index in [2.05, 4.69) is 0 Å². The highest BCUT2D eigenvalue weighted by molar-refractivity contribution is 7.10. The number of carboxylic acids is 4. The number of rotatable bonds is 12. The first-order valence-corrected chi connectivity index (χ1v) is 16.8. The van der Waals surface area contributed by atoms with Crippen LogP contribution in [-0.2, 0) is 19.2 Å². The van der Waals surface area contributed by atoms with Crippen molar-refractivity contribution in [2.75, 3.05) is 26.4 Å². The number of thiophene rings is 4. The van der Waals surface area contributed by atoms with Crippen LogP contribution >= 0.6 is 45.3 Å². The van der Waals surface area contributed by atoms with Gasteiger partial charge in [-0.15, -0.1) is 45.3 Å². The number of carboxylic acid groups (broad SMARTS) is 4. The minimum absolute atomic E-state index is 0.406. The molecule has 4 rings (SSSR count). The highest BCUT2D eigenvalue weighted by atomic mass is 32.1. The number of aliphatic hydroxyl groups excluding tert-OH is 8. The Hall–Kier alpha value is -3.64. The Balaban J connectivity index is 0.000000588. The van der Waals surface area contributed by atoms with Crippen LogP contribution in [0.1, 0.15) is 43.9 Å². The van der Waals surface area contributed by atoms with E-state index in [1.54, 1.807) is 70.1 Å². The van der Waals surface area contributed by atoms with Gasteiger partial charge in [0.2, 0.25) is 0 Å². The molecule has 4 aromatic rings. The standard InChI is InChI=1S/4C6H6O3S.C5H12O4/c4*7-5(6(8)9)4-2-1-3-10-4;6-1-5(2-7,3-8)4-9/h4*1-3,5,7H,(H,8,9);6-9H,1-4H2. The minimum atomic E-state index is -1.36. The lowest BCUT2D eigenvalue weighted by molar-refractivity contribution is -0.147. The Morgan fingerprint density at radius 1 is 0.449 bits per heavy atom. The van der Waals surface area contributed by atoms with Crippen molar-refractivity contribution in [3.8, 4) is 0 Å². The molecule has 0 radical (unpaired) electrons. The quantitative estimate of drug-likeness (QED) is 0.0969. The highest BCUT2D eigenvalue weighted by Gasteiger charge is 2.26. The van der Waals surface area contributed by atoms with Crippen LogP contribution in [0.15, 0.2) is 70.1 Å². The summed E-state index contributed by atoms with van der Waals surface area (Å²) in [7, 11) is 0. The lowest BCUT2D eigenvalue weighted by atomic mass is 9.93. The van der Waals surface area contributed by atoms with Gasteiger partial charge in [-0.3, -0.25) is 0 Å². The summed E-state index contributed by atoms with van der Waals surface area (Å²) in [6.07, 6.45) is -5.44. The molecule has 0 aliphatic heterocycles. The molecule has 16 nitrogen and oxygen atoms in total. The van der Waals surface area contributed by atoms with Crippen molar-refractivity contribution < 1.29 is 80.5 Å². The number of hydrogen-bond acceptors (Lipinski definition) is 16. The van der Waals surface area contributed by atoms with Crippen LogP contribution in [0.3, 0.4) is 0 Å². The SMILES string of the molecule is O=C(O)C(O)c1cccs1.O=C(O)C(O)c1cccs1.O=C(O)C(O)c1cccs1.O=C(O)C(O)c1cccs1.OCC(CO)(CO)CO. The van der Waals surface area contributed by atoms with Gasteiger partial charge in [-0.1, -0.05) is 24.3 Å². The Morgan fingerprint density at radius 3 is 0.714 bits per heavy atom. The molecule has 0 saturated carbocycles. The summed E-state index contributed by atoms with van der Waals surface area (Å²) in [6, 6.07) is 13.1. The third-order valence-corrected chi connectivity index (χ3v) is 9.23. The molecule has 12 N–H and O–H groups in total.